The number of rotatable bonds is 6. The molecule has 26 heavy (non-hydrogen) atoms. The van der Waals surface area contributed by atoms with E-state index in [0.29, 0.717) is 6.54 Å². The molecule has 0 radical (unpaired) electrons. The number of nitrogens with zero attached hydrogens (tertiary/aromatic N) is 4. The number of hydrogen-bond donors (Lipinski definition) is 1. The maximum atomic E-state index is 12.8. The van der Waals surface area contributed by atoms with Crippen molar-refractivity contribution in [3.63, 3.8) is 0 Å². The molecule has 0 unspecified atom stereocenters. The largest absolute Gasteiger partial charge is 0.461 e. The summed E-state index contributed by atoms with van der Waals surface area (Å²) >= 11 is 0. The minimum absolute atomic E-state index is 0.0665. The molecule has 0 fully saturated rings. The number of anilines is 1. The Morgan fingerprint density at radius 1 is 1.08 bits per heavy atom. The Morgan fingerprint density at radius 2 is 1.65 bits per heavy atom. The van der Waals surface area contributed by atoms with Crippen molar-refractivity contribution in [2.75, 3.05) is 12.3 Å². The van der Waals surface area contributed by atoms with Gasteiger partial charge in [-0.1, -0.05) is 27.7 Å². The first kappa shape index (κ1) is 19.6. The molecule has 0 saturated heterocycles. The van der Waals surface area contributed by atoms with Gasteiger partial charge in [0.25, 0.3) is 5.56 Å². The van der Waals surface area contributed by atoms with Gasteiger partial charge in [0.05, 0.1) is 6.61 Å². The molecule has 9 nitrogen and oxygen atoms in total. The topological polar surface area (TPSA) is 122 Å². The van der Waals surface area contributed by atoms with Crippen molar-refractivity contribution < 1.29 is 9.53 Å². The van der Waals surface area contributed by atoms with Crippen LogP contribution in [-0.4, -0.2) is 31.7 Å². The third kappa shape index (κ3) is 3.76. The van der Waals surface area contributed by atoms with Gasteiger partial charge in [0.15, 0.2) is 22.7 Å². The Hall–Kier alpha value is -2.71. The quantitative estimate of drug-likeness (QED) is 0.760. The summed E-state index contributed by atoms with van der Waals surface area (Å²) in [4.78, 5) is 45.9. The second-order valence-electron chi connectivity index (χ2n) is 6.95. The fraction of sp³-hybridized carbons (Fsp3) is 0.588. The van der Waals surface area contributed by atoms with E-state index in [2.05, 4.69) is 9.97 Å². The van der Waals surface area contributed by atoms with E-state index in [1.54, 1.807) is 6.92 Å². The Kier molecular flexibility index (Phi) is 5.79. The molecular formula is C17H25N5O4. The number of fused-ring (bicyclic) bond motifs is 1. The number of ether oxygens (including phenoxy) is 1. The van der Waals surface area contributed by atoms with Crippen LogP contribution in [0, 0.1) is 11.8 Å². The lowest BCUT2D eigenvalue weighted by Crippen LogP contribution is -2.42. The van der Waals surface area contributed by atoms with Crippen LogP contribution in [0.15, 0.2) is 9.59 Å². The molecular weight excluding hydrogens is 338 g/mol. The highest BCUT2D eigenvalue weighted by Crippen LogP contribution is 2.13. The monoisotopic (exact) mass is 363 g/mol. The molecule has 0 aliphatic heterocycles. The van der Waals surface area contributed by atoms with Crippen LogP contribution in [0.1, 0.15) is 45.1 Å². The Morgan fingerprint density at radius 3 is 2.19 bits per heavy atom. The minimum Gasteiger partial charge on any atom is -0.461 e. The lowest BCUT2D eigenvalue weighted by molar-refractivity contribution is 0.0521. The highest BCUT2D eigenvalue weighted by Gasteiger charge is 2.22. The highest BCUT2D eigenvalue weighted by atomic mass is 16.5. The van der Waals surface area contributed by atoms with Crippen molar-refractivity contribution >= 4 is 23.0 Å². The summed E-state index contributed by atoms with van der Waals surface area (Å²) in [5, 5.41) is 0. The van der Waals surface area contributed by atoms with E-state index in [1.807, 2.05) is 27.7 Å². The van der Waals surface area contributed by atoms with Gasteiger partial charge in [0.2, 0.25) is 0 Å². The number of esters is 1. The standard InChI is InChI=1S/C17H25N5O4/c1-6-26-16(24)11-13(18)20-14-12(19-11)15(23)22(8-10(4)5)17(25)21(14)7-9(2)3/h9-10H,6-8H2,1-5H3,(H2,18,20). The highest BCUT2D eigenvalue weighted by molar-refractivity contribution is 5.94. The summed E-state index contributed by atoms with van der Waals surface area (Å²) < 4.78 is 7.44. The van der Waals surface area contributed by atoms with Crippen LogP contribution >= 0.6 is 0 Å². The SMILES string of the molecule is CCOC(=O)c1nc2c(=O)n(CC(C)C)c(=O)n(CC(C)C)c2nc1N. The molecule has 2 rings (SSSR count). The van der Waals surface area contributed by atoms with Gasteiger partial charge in [-0.2, -0.15) is 0 Å². The van der Waals surface area contributed by atoms with E-state index >= 15 is 0 Å². The van der Waals surface area contributed by atoms with Crippen LogP contribution in [0.5, 0.6) is 0 Å². The maximum Gasteiger partial charge on any atom is 0.360 e. The van der Waals surface area contributed by atoms with Crippen molar-refractivity contribution in [2.24, 2.45) is 11.8 Å². The third-order valence-electron chi connectivity index (χ3n) is 3.63. The predicted octanol–water partition coefficient (Wildman–Crippen LogP) is 1.02. The molecule has 0 spiro atoms. The molecule has 0 amide bonds. The zero-order valence-corrected chi connectivity index (χ0v) is 15.8. The molecule has 0 bridgehead atoms. The molecule has 9 heteroatoms. The minimum atomic E-state index is -0.754. The molecule has 0 aliphatic carbocycles. The van der Waals surface area contributed by atoms with Crippen molar-refractivity contribution in [2.45, 2.75) is 47.7 Å². The molecule has 0 aliphatic rings. The first-order chi connectivity index (χ1) is 12.2. The van der Waals surface area contributed by atoms with Crippen molar-refractivity contribution in [3.8, 4) is 0 Å². The number of nitrogens with two attached hydrogens (primary N) is 1. The van der Waals surface area contributed by atoms with Crippen LogP contribution < -0.4 is 17.0 Å². The third-order valence-corrected chi connectivity index (χ3v) is 3.63. The number of nitrogen functional groups attached to an aromatic ring is 1. The fourth-order valence-corrected chi connectivity index (χ4v) is 2.63. The molecule has 2 aromatic rings. The van der Waals surface area contributed by atoms with Crippen molar-refractivity contribution in [1.29, 1.82) is 0 Å². The number of hydrogen-bond acceptors (Lipinski definition) is 7. The Balaban J connectivity index is 2.87. The van der Waals surface area contributed by atoms with E-state index < -0.39 is 17.2 Å². The van der Waals surface area contributed by atoms with Gasteiger partial charge in [-0.15, -0.1) is 0 Å². The first-order valence-corrected chi connectivity index (χ1v) is 8.65. The van der Waals surface area contributed by atoms with Gasteiger partial charge in [-0.25, -0.2) is 19.6 Å². The molecule has 0 saturated carbocycles. The van der Waals surface area contributed by atoms with Crippen LogP contribution in [-0.2, 0) is 17.8 Å². The molecule has 2 aromatic heterocycles. The lowest BCUT2D eigenvalue weighted by Gasteiger charge is -2.16. The van der Waals surface area contributed by atoms with Crippen LogP contribution in [0.25, 0.3) is 11.2 Å². The van der Waals surface area contributed by atoms with E-state index in [-0.39, 0.29) is 47.7 Å². The normalized spacial score (nSPS) is 11.5. The molecule has 0 aromatic carbocycles. The van der Waals surface area contributed by atoms with Gasteiger partial charge >= 0.3 is 11.7 Å². The van der Waals surface area contributed by atoms with E-state index in [4.69, 9.17) is 10.5 Å². The van der Waals surface area contributed by atoms with Crippen LogP contribution in [0.4, 0.5) is 5.82 Å². The number of carbonyl (C=O) groups is 1. The molecule has 0 atom stereocenters. The van der Waals surface area contributed by atoms with E-state index in [0.717, 1.165) is 4.57 Å². The predicted molar refractivity (Wildman–Crippen MR) is 98.1 cm³/mol. The van der Waals surface area contributed by atoms with E-state index in [9.17, 15) is 14.4 Å². The Bertz CT molecular complexity index is 943. The summed E-state index contributed by atoms with van der Waals surface area (Å²) in [6.45, 7) is 10.1. The first-order valence-electron chi connectivity index (χ1n) is 8.65. The van der Waals surface area contributed by atoms with Crippen molar-refractivity contribution in [1.82, 2.24) is 19.1 Å². The second kappa shape index (κ2) is 7.67. The zero-order valence-electron chi connectivity index (χ0n) is 15.8. The second-order valence-corrected chi connectivity index (χ2v) is 6.95. The average molecular weight is 363 g/mol. The zero-order chi connectivity index (χ0) is 19.6. The molecule has 2 heterocycles. The van der Waals surface area contributed by atoms with Gasteiger partial charge < -0.3 is 10.5 Å². The van der Waals surface area contributed by atoms with E-state index in [1.165, 1.54) is 4.57 Å². The Labute approximate surface area is 150 Å². The number of aromatic nitrogens is 4. The summed E-state index contributed by atoms with van der Waals surface area (Å²) in [6, 6.07) is 0. The van der Waals surface area contributed by atoms with Gasteiger partial charge in [0, 0.05) is 13.1 Å². The van der Waals surface area contributed by atoms with Gasteiger partial charge in [-0.3, -0.25) is 13.9 Å². The summed E-state index contributed by atoms with van der Waals surface area (Å²) in [6.07, 6.45) is 0. The smallest absolute Gasteiger partial charge is 0.360 e. The average Bonchev–Trinajstić information content (AvgIpc) is 2.54. The summed E-state index contributed by atoms with van der Waals surface area (Å²) in [5.41, 5.74) is 4.59. The number of carbonyl (C=O) groups excluding carboxylic acids is 1. The van der Waals surface area contributed by atoms with Gasteiger partial charge in [-0.05, 0) is 18.8 Å². The lowest BCUT2D eigenvalue weighted by atomic mass is 10.2. The maximum absolute atomic E-state index is 12.8. The van der Waals surface area contributed by atoms with Crippen LogP contribution in [0.2, 0.25) is 0 Å². The van der Waals surface area contributed by atoms with Gasteiger partial charge in [0.1, 0.15) is 0 Å². The summed E-state index contributed by atoms with van der Waals surface area (Å²) in [7, 11) is 0. The molecule has 142 valence electrons. The van der Waals surface area contributed by atoms with Crippen molar-refractivity contribution in [3.05, 3.63) is 26.5 Å². The fourth-order valence-electron chi connectivity index (χ4n) is 2.63. The van der Waals surface area contributed by atoms with Crippen LogP contribution in [0.3, 0.4) is 0 Å². The summed E-state index contributed by atoms with van der Waals surface area (Å²) in [5.74, 6) is -0.713. The molecule has 2 N–H and O–H groups in total.